The van der Waals surface area contributed by atoms with E-state index in [-0.39, 0.29) is 25.7 Å². The second kappa shape index (κ2) is 5.45. The zero-order chi connectivity index (χ0) is 12.1. The molecule has 1 atom stereocenters. The van der Waals surface area contributed by atoms with Gasteiger partial charge >= 0.3 is 6.03 Å². The summed E-state index contributed by atoms with van der Waals surface area (Å²) >= 11 is 0. The monoisotopic (exact) mass is 229 g/mol. The third-order valence-corrected chi connectivity index (χ3v) is 2.32. The van der Waals surface area contributed by atoms with Crippen LogP contribution in [0.25, 0.3) is 0 Å². The van der Waals surface area contributed by atoms with Crippen molar-refractivity contribution in [3.8, 4) is 0 Å². The van der Waals surface area contributed by atoms with E-state index < -0.39 is 17.8 Å². The fourth-order valence-corrected chi connectivity index (χ4v) is 1.31. The highest BCUT2D eigenvalue weighted by Gasteiger charge is 2.30. The molecule has 3 N–H and O–H groups in total. The number of hydrogen-bond donors (Lipinski definition) is 3. The van der Waals surface area contributed by atoms with Gasteiger partial charge in [0, 0.05) is 0 Å². The van der Waals surface area contributed by atoms with Crippen molar-refractivity contribution in [3.63, 3.8) is 0 Å². The highest BCUT2D eigenvalue weighted by atomic mass is 16.3. The van der Waals surface area contributed by atoms with E-state index >= 15 is 0 Å². The number of hydrogen-bond acceptors (Lipinski definition) is 4. The van der Waals surface area contributed by atoms with Crippen LogP contribution in [0.3, 0.4) is 0 Å². The lowest BCUT2D eigenvalue weighted by atomic mass is 10.2. The van der Waals surface area contributed by atoms with Gasteiger partial charge in [-0.3, -0.25) is 14.5 Å². The summed E-state index contributed by atoms with van der Waals surface area (Å²) in [6.45, 7) is 1.28. The maximum absolute atomic E-state index is 11.4. The second-order valence-electron chi connectivity index (χ2n) is 3.49. The van der Waals surface area contributed by atoms with Gasteiger partial charge in [-0.1, -0.05) is 6.92 Å². The van der Waals surface area contributed by atoms with Gasteiger partial charge in [0.15, 0.2) is 0 Å². The normalized spacial score (nSPS) is 17.2. The summed E-state index contributed by atoms with van der Waals surface area (Å²) in [6.07, 6.45) is 0.586. The Morgan fingerprint density at radius 3 is 2.75 bits per heavy atom. The van der Waals surface area contributed by atoms with Crippen molar-refractivity contribution < 1.29 is 19.5 Å². The van der Waals surface area contributed by atoms with E-state index in [9.17, 15) is 14.4 Å². The molecule has 0 aliphatic carbocycles. The molecule has 1 saturated heterocycles. The molecule has 1 unspecified atom stereocenters. The van der Waals surface area contributed by atoms with Crippen LogP contribution in [0, 0.1) is 0 Å². The number of amides is 4. The molecule has 0 aromatic rings. The number of nitrogens with one attached hydrogen (secondary N) is 2. The SMILES string of the molecule is CCC(CO)NC(=O)CN1C(=O)CNC1=O. The summed E-state index contributed by atoms with van der Waals surface area (Å²) in [5.41, 5.74) is 0. The van der Waals surface area contributed by atoms with E-state index in [4.69, 9.17) is 5.11 Å². The Kier molecular flexibility index (Phi) is 4.24. The molecule has 0 aromatic heterocycles. The Morgan fingerprint density at radius 2 is 2.31 bits per heavy atom. The summed E-state index contributed by atoms with van der Waals surface area (Å²) in [5, 5.41) is 13.7. The zero-order valence-corrected chi connectivity index (χ0v) is 9.02. The fourth-order valence-electron chi connectivity index (χ4n) is 1.31. The van der Waals surface area contributed by atoms with Gasteiger partial charge in [0.1, 0.15) is 6.54 Å². The molecule has 0 spiro atoms. The topological polar surface area (TPSA) is 98.7 Å². The first-order valence-electron chi connectivity index (χ1n) is 5.06. The Balaban J connectivity index is 2.45. The largest absolute Gasteiger partial charge is 0.394 e. The fraction of sp³-hybridized carbons (Fsp3) is 0.667. The molecule has 0 saturated carbocycles. The van der Waals surface area contributed by atoms with Crippen LogP contribution in [0.5, 0.6) is 0 Å². The van der Waals surface area contributed by atoms with E-state index in [0.29, 0.717) is 6.42 Å². The average Bonchev–Trinajstić information content (AvgIpc) is 2.57. The highest BCUT2D eigenvalue weighted by molar-refractivity contribution is 6.04. The summed E-state index contributed by atoms with van der Waals surface area (Å²) < 4.78 is 0. The molecule has 16 heavy (non-hydrogen) atoms. The summed E-state index contributed by atoms with van der Waals surface area (Å²) in [5.74, 6) is -0.872. The van der Waals surface area contributed by atoms with Crippen LogP contribution in [0.4, 0.5) is 4.79 Å². The van der Waals surface area contributed by atoms with Gasteiger partial charge < -0.3 is 15.7 Å². The molecule has 0 aromatic carbocycles. The van der Waals surface area contributed by atoms with E-state index in [1.165, 1.54) is 0 Å². The van der Waals surface area contributed by atoms with Crippen molar-refractivity contribution in [2.75, 3.05) is 19.7 Å². The van der Waals surface area contributed by atoms with Gasteiger partial charge in [-0.25, -0.2) is 4.79 Å². The third kappa shape index (κ3) is 2.93. The molecule has 1 aliphatic heterocycles. The molecule has 4 amide bonds. The van der Waals surface area contributed by atoms with Crippen molar-refractivity contribution in [1.29, 1.82) is 0 Å². The van der Waals surface area contributed by atoms with Crippen molar-refractivity contribution in [2.24, 2.45) is 0 Å². The number of carbonyl (C=O) groups is 3. The summed E-state index contributed by atoms with van der Waals surface area (Å²) in [6, 6.07) is -0.898. The van der Waals surface area contributed by atoms with Gasteiger partial charge in [-0.05, 0) is 6.42 Å². The van der Waals surface area contributed by atoms with E-state index in [0.717, 1.165) is 4.90 Å². The maximum Gasteiger partial charge on any atom is 0.325 e. The van der Waals surface area contributed by atoms with E-state index in [1.54, 1.807) is 0 Å². The van der Waals surface area contributed by atoms with E-state index in [2.05, 4.69) is 10.6 Å². The number of imide groups is 1. The quantitative estimate of drug-likeness (QED) is 0.496. The predicted molar refractivity (Wildman–Crippen MR) is 54.4 cm³/mol. The van der Waals surface area contributed by atoms with Crippen LogP contribution in [-0.2, 0) is 9.59 Å². The van der Waals surface area contributed by atoms with Gasteiger partial charge in [0.2, 0.25) is 5.91 Å². The number of aliphatic hydroxyl groups is 1. The van der Waals surface area contributed by atoms with Crippen molar-refractivity contribution in [1.82, 2.24) is 15.5 Å². The van der Waals surface area contributed by atoms with Crippen LogP contribution in [0.15, 0.2) is 0 Å². The number of rotatable bonds is 5. The van der Waals surface area contributed by atoms with E-state index in [1.807, 2.05) is 6.92 Å². The van der Waals surface area contributed by atoms with Crippen LogP contribution < -0.4 is 10.6 Å². The molecule has 1 heterocycles. The van der Waals surface area contributed by atoms with Crippen LogP contribution >= 0.6 is 0 Å². The number of aliphatic hydroxyl groups excluding tert-OH is 1. The van der Waals surface area contributed by atoms with Gasteiger partial charge in [0.05, 0.1) is 19.2 Å². The van der Waals surface area contributed by atoms with Crippen LogP contribution in [-0.4, -0.2) is 53.6 Å². The molecule has 0 radical (unpaired) electrons. The Labute approximate surface area is 92.8 Å². The number of carbonyl (C=O) groups excluding carboxylic acids is 3. The molecule has 7 heteroatoms. The lowest BCUT2D eigenvalue weighted by Gasteiger charge is -2.16. The van der Waals surface area contributed by atoms with Crippen LogP contribution in [0.2, 0.25) is 0 Å². The lowest BCUT2D eigenvalue weighted by Crippen LogP contribution is -2.45. The molecule has 1 aliphatic rings. The number of urea groups is 1. The third-order valence-electron chi connectivity index (χ3n) is 2.32. The molecular weight excluding hydrogens is 214 g/mol. The smallest absolute Gasteiger partial charge is 0.325 e. The van der Waals surface area contributed by atoms with Crippen molar-refractivity contribution in [3.05, 3.63) is 0 Å². The first-order valence-corrected chi connectivity index (χ1v) is 5.06. The van der Waals surface area contributed by atoms with Gasteiger partial charge in [0.25, 0.3) is 5.91 Å². The molecule has 1 fully saturated rings. The minimum Gasteiger partial charge on any atom is -0.394 e. The van der Waals surface area contributed by atoms with Crippen LogP contribution in [0.1, 0.15) is 13.3 Å². The minimum atomic E-state index is -0.558. The van der Waals surface area contributed by atoms with Gasteiger partial charge in [-0.2, -0.15) is 0 Å². The standard InChI is InChI=1S/C9H15N3O4/c1-2-6(5-13)11-7(14)4-12-8(15)3-10-9(12)16/h6,13H,2-5H2,1H3,(H,10,16)(H,11,14). The molecule has 0 bridgehead atoms. The summed E-state index contributed by atoms with van der Waals surface area (Å²) in [4.78, 5) is 34.5. The number of nitrogens with zero attached hydrogens (tertiary/aromatic N) is 1. The Bertz CT molecular complexity index is 285. The predicted octanol–water partition coefficient (Wildman–Crippen LogP) is -1.57. The minimum absolute atomic E-state index is 0.0662. The second-order valence-corrected chi connectivity index (χ2v) is 3.49. The van der Waals surface area contributed by atoms with Crippen molar-refractivity contribution >= 4 is 17.8 Å². The molecular formula is C9H15N3O4. The Hall–Kier alpha value is -1.63. The average molecular weight is 229 g/mol. The molecule has 90 valence electrons. The Morgan fingerprint density at radius 1 is 1.62 bits per heavy atom. The molecule has 1 rings (SSSR count). The zero-order valence-electron chi connectivity index (χ0n) is 9.02. The lowest BCUT2D eigenvalue weighted by molar-refractivity contribution is -0.131. The first-order chi connectivity index (χ1) is 7.58. The summed E-state index contributed by atoms with van der Waals surface area (Å²) in [7, 11) is 0. The first kappa shape index (κ1) is 12.4. The molecule has 7 nitrogen and oxygen atoms in total. The maximum atomic E-state index is 11.4. The van der Waals surface area contributed by atoms with Crippen molar-refractivity contribution in [2.45, 2.75) is 19.4 Å². The van der Waals surface area contributed by atoms with Gasteiger partial charge in [-0.15, -0.1) is 0 Å². The highest BCUT2D eigenvalue weighted by Crippen LogP contribution is 1.98.